The monoisotopic (exact) mass is 391 g/mol. The molecule has 5 nitrogen and oxygen atoms in total. The predicted octanol–water partition coefficient (Wildman–Crippen LogP) is 5.23. The van der Waals surface area contributed by atoms with Gasteiger partial charge in [-0.1, -0.05) is 29.8 Å². The molecule has 0 aliphatic heterocycles. The van der Waals surface area contributed by atoms with Crippen LogP contribution >= 0.6 is 0 Å². The Kier molecular flexibility index (Phi) is 6.74. The summed E-state index contributed by atoms with van der Waals surface area (Å²) in [6, 6.07) is 20.5. The van der Waals surface area contributed by atoms with Gasteiger partial charge in [-0.15, -0.1) is 0 Å². The molecule has 0 unspecified atom stereocenters. The maximum Gasteiger partial charge on any atom is 0.255 e. The largest absolute Gasteiger partial charge is 0.497 e. The topological polar surface area (TPSA) is 56.8 Å². The van der Waals surface area contributed by atoms with Crippen LogP contribution in [0, 0.1) is 6.92 Å². The molecule has 0 aliphatic rings. The average Bonchev–Trinajstić information content (AvgIpc) is 2.74. The smallest absolute Gasteiger partial charge is 0.255 e. The molecule has 3 aromatic rings. The first-order valence-electron chi connectivity index (χ1n) is 9.49. The van der Waals surface area contributed by atoms with Gasteiger partial charge in [0.1, 0.15) is 12.4 Å². The average molecular weight is 391 g/mol. The van der Waals surface area contributed by atoms with E-state index >= 15 is 0 Å². The summed E-state index contributed by atoms with van der Waals surface area (Å²) in [6.45, 7) is 4.85. The summed E-state index contributed by atoms with van der Waals surface area (Å²) in [4.78, 5) is 12.6. The maximum atomic E-state index is 12.6. The van der Waals surface area contributed by atoms with Gasteiger partial charge in [-0.05, 0) is 61.9 Å². The maximum absolute atomic E-state index is 12.6. The van der Waals surface area contributed by atoms with Crippen molar-refractivity contribution in [3.05, 3.63) is 83.4 Å². The zero-order valence-electron chi connectivity index (χ0n) is 16.9. The lowest BCUT2D eigenvalue weighted by atomic mass is 10.1. The number of benzene rings is 3. The fraction of sp³-hybridized carbons (Fsp3) is 0.208. The van der Waals surface area contributed by atoms with Gasteiger partial charge in [0.2, 0.25) is 0 Å². The van der Waals surface area contributed by atoms with E-state index in [9.17, 15) is 4.79 Å². The number of hydrogen-bond acceptors (Lipinski definition) is 4. The SMILES string of the molecule is CCOc1cc(C(=O)Nc2ccc(OC)cc2)ccc1OCc1ccc(C)cc1. The summed E-state index contributed by atoms with van der Waals surface area (Å²) in [5, 5.41) is 2.87. The van der Waals surface area contributed by atoms with Crippen molar-refractivity contribution in [1.82, 2.24) is 0 Å². The molecule has 0 radical (unpaired) electrons. The zero-order valence-corrected chi connectivity index (χ0v) is 16.9. The van der Waals surface area contributed by atoms with Gasteiger partial charge in [-0.2, -0.15) is 0 Å². The third-order valence-corrected chi connectivity index (χ3v) is 4.37. The number of aryl methyl sites for hydroxylation is 1. The van der Waals surface area contributed by atoms with Crippen molar-refractivity contribution in [1.29, 1.82) is 0 Å². The molecule has 0 atom stereocenters. The number of rotatable bonds is 8. The highest BCUT2D eigenvalue weighted by molar-refractivity contribution is 6.04. The highest BCUT2D eigenvalue weighted by Crippen LogP contribution is 2.30. The van der Waals surface area contributed by atoms with Crippen LogP contribution in [0.3, 0.4) is 0 Å². The fourth-order valence-electron chi connectivity index (χ4n) is 2.76. The molecular formula is C24H25NO4. The molecule has 0 saturated carbocycles. The normalized spacial score (nSPS) is 10.3. The number of hydrogen-bond donors (Lipinski definition) is 1. The van der Waals surface area contributed by atoms with Gasteiger partial charge in [0, 0.05) is 11.3 Å². The molecule has 3 aromatic carbocycles. The molecular weight excluding hydrogens is 366 g/mol. The van der Waals surface area contributed by atoms with Crippen LogP contribution in [-0.4, -0.2) is 19.6 Å². The van der Waals surface area contributed by atoms with Gasteiger partial charge >= 0.3 is 0 Å². The van der Waals surface area contributed by atoms with Crippen LogP contribution in [0.2, 0.25) is 0 Å². The fourth-order valence-corrected chi connectivity index (χ4v) is 2.76. The lowest BCUT2D eigenvalue weighted by molar-refractivity contribution is 0.102. The first kappa shape index (κ1) is 20.3. The minimum absolute atomic E-state index is 0.221. The van der Waals surface area contributed by atoms with Gasteiger partial charge in [0.15, 0.2) is 11.5 Å². The third kappa shape index (κ3) is 5.51. The Bertz CT molecular complexity index is 950. The molecule has 0 aromatic heterocycles. The van der Waals surface area contributed by atoms with E-state index in [-0.39, 0.29) is 5.91 Å². The molecule has 1 N–H and O–H groups in total. The van der Waals surface area contributed by atoms with Crippen molar-refractivity contribution in [3.63, 3.8) is 0 Å². The highest BCUT2D eigenvalue weighted by atomic mass is 16.5. The van der Waals surface area contributed by atoms with Gasteiger partial charge in [0.05, 0.1) is 13.7 Å². The summed E-state index contributed by atoms with van der Waals surface area (Å²) in [6.07, 6.45) is 0. The first-order chi connectivity index (χ1) is 14.1. The molecule has 0 fully saturated rings. The van der Waals surface area contributed by atoms with Crippen molar-refractivity contribution in [3.8, 4) is 17.2 Å². The summed E-state index contributed by atoms with van der Waals surface area (Å²) in [7, 11) is 1.60. The lowest BCUT2D eigenvalue weighted by Gasteiger charge is -2.14. The van der Waals surface area contributed by atoms with Crippen LogP contribution in [0.5, 0.6) is 17.2 Å². The molecule has 29 heavy (non-hydrogen) atoms. The van der Waals surface area contributed by atoms with E-state index in [1.54, 1.807) is 49.6 Å². The Morgan fingerprint density at radius 2 is 1.62 bits per heavy atom. The second-order valence-corrected chi connectivity index (χ2v) is 6.55. The molecule has 0 heterocycles. The minimum Gasteiger partial charge on any atom is -0.497 e. The quantitative estimate of drug-likeness (QED) is 0.571. The van der Waals surface area contributed by atoms with Crippen LogP contribution in [0.4, 0.5) is 5.69 Å². The van der Waals surface area contributed by atoms with E-state index < -0.39 is 0 Å². The Hall–Kier alpha value is -3.47. The molecule has 0 saturated heterocycles. The highest BCUT2D eigenvalue weighted by Gasteiger charge is 2.12. The van der Waals surface area contributed by atoms with Crippen LogP contribution in [0.15, 0.2) is 66.7 Å². The number of methoxy groups -OCH3 is 1. The van der Waals surface area contributed by atoms with E-state index in [2.05, 4.69) is 17.4 Å². The van der Waals surface area contributed by atoms with E-state index in [1.165, 1.54) is 5.56 Å². The van der Waals surface area contributed by atoms with E-state index in [1.807, 2.05) is 26.0 Å². The van der Waals surface area contributed by atoms with E-state index in [0.29, 0.717) is 36.0 Å². The predicted molar refractivity (Wildman–Crippen MR) is 114 cm³/mol. The van der Waals surface area contributed by atoms with Crippen LogP contribution in [-0.2, 0) is 6.61 Å². The van der Waals surface area contributed by atoms with Gasteiger partial charge in [0.25, 0.3) is 5.91 Å². The van der Waals surface area contributed by atoms with Crippen LogP contribution < -0.4 is 19.5 Å². The number of carbonyl (C=O) groups is 1. The van der Waals surface area contributed by atoms with Crippen molar-refractivity contribution in [2.45, 2.75) is 20.5 Å². The van der Waals surface area contributed by atoms with Crippen molar-refractivity contribution in [2.75, 3.05) is 19.0 Å². The number of amides is 1. The van der Waals surface area contributed by atoms with Crippen molar-refractivity contribution >= 4 is 11.6 Å². The van der Waals surface area contributed by atoms with Crippen molar-refractivity contribution < 1.29 is 19.0 Å². The molecule has 3 rings (SSSR count). The van der Waals surface area contributed by atoms with Crippen LogP contribution in [0.1, 0.15) is 28.4 Å². The number of ether oxygens (including phenoxy) is 3. The van der Waals surface area contributed by atoms with Gasteiger partial charge < -0.3 is 19.5 Å². The molecule has 1 amide bonds. The Labute approximate surface area is 171 Å². The van der Waals surface area contributed by atoms with E-state index in [0.717, 1.165) is 11.3 Å². The number of carbonyl (C=O) groups excluding carboxylic acids is 1. The Morgan fingerprint density at radius 3 is 2.28 bits per heavy atom. The first-order valence-corrected chi connectivity index (χ1v) is 9.49. The zero-order chi connectivity index (χ0) is 20.6. The molecule has 5 heteroatoms. The molecule has 0 spiro atoms. The second-order valence-electron chi connectivity index (χ2n) is 6.55. The Balaban J connectivity index is 1.71. The Morgan fingerprint density at radius 1 is 0.897 bits per heavy atom. The minimum atomic E-state index is -0.221. The summed E-state index contributed by atoms with van der Waals surface area (Å²) >= 11 is 0. The number of anilines is 1. The van der Waals surface area contributed by atoms with Gasteiger partial charge in [-0.3, -0.25) is 4.79 Å². The summed E-state index contributed by atoms with van der Waals surface area (Å²) < 4.78 is 16.8. The number of nitrogens with one attached hydrogen (secondary N) is 1. The standard InChI is InChI=1S/C24H25NO4/c1-4-28-23-15-19(24(26)25-20-10-12-21(27-3)13-11-20)9-14-22(23)29-16-18-7-5-17(2)6-8-18/h5-15H,4,16H2,1-3H3,(H,25,26). The van der Waals surface area contributed by atoms with Crippen LogP contribution in [0.25, 0.3) is 0 Å². The van der Waals surface area contributed by atoms with E-state index in [4.69, 9.17) is 14.2 Å². The lowest BCUT2D eigenvalue weighted by Crippen LogP contribution is -2.12. The van der Waals surface area contributed by atoms with Crippen molar-refractivity contribution in [2.24, 2.45) is 0 Å². The summed E-state index contributed by atoms with van der Waals surface area (Å²) in [5.41, 5.74) is 3.45. The molecule has 0 aliphatic carbocycles. The third-order valence-electron chi connectivity index (χ3n) is 4.37. The summed E-state index contributed by atoms with van der Waals surface area (Å²) in [5.74, 6) is 1.66. The molecule has 150 valence electrons. The second kappa shape index (κ2) is 9.64. The van der Waals surface area contributed by atoms with Gasteiger partial charge in [-0.25, -0.2) is 0 Å². The molecule has 0 bridgehead atoms.